The number of benzene rings is 3. The molecule has 0 bridgehead atoms. The zero-order chi connectivity index (χ0) is 26.4. The van der Waals surface area contributed by atoms with Crippen molar-refractivity contribution in [3.63, 3.8) is 0 Å². The van der Waals surface area contributed by atoms with Crippen LogP contribution in [0.1, 0.15) is 40.7 Å². The number of amides is 1. The van der Waals surface area contributed by atoms with Gasteiger partial charge in [0, 0.05) is 13.0 Å². The van der Waals surface area contributed by atoms with Crippen LogP contribution in [0.2, 0.25) is 5.02 Å². The Balaban J connectivity index is 1.48. The molecule has 1 aliphatic rings. The molecule has 37 heavy (non-hydrogen) atoms. The maximum absolute atomic E-state index is 12.6. The molecule has 4 rings (SSSR count). The van der Waals surface area contributed by atoms with Crippen molar-refractivity contribution >= 4 is 29.4 Å². The summed E-state index contributed by atoms with van der Waals surface area (Å²) in [4.78, 5) is 38.2. The summed E-state index contributed by atoms with van der Waals surface area (Å²) in [6, 6.07) is 20.4. The zero-order valence-corrected chi connectivity index (χ0v) is 21.0. The van der Waals surface area contributed by atoms with E-state index in [-0.39, 0.29) is 17.0 Å². The second-order valence-corrected chi connectivity index (χ2v) is 9.63. The lowest BCUT2D eigenvalue weighted by molar-refractivity contribution is -0.145. The lowest BCUT2D eigenvalue weighted by Gasteiger charge is -2.33. The molecule has 192 valence electrons. The van der Waals surface area contributed by atoms with E-state index < -0.39 is 29.9 Å². The lowest BCUT2D eigenvalue weighted by Crippen LogP contribution is -2.44. The molecular formula is C29H29ClN2O5. The number of nitrogens with one attached hydrogen (secondary N) is 1. The van der Waals surface area contributed by atoms with Crippen molar-refractivity contribution in [3.8, 4) is 11.1 Å². The number of hydrogen-bond donors (Lipinski definition) is 3. The van der Waals surface area contributed by atoms with Crippen LogP contribution in [-0.2, 0) is 22.6 Å². The van der Waals surface area contributed by atoms with Gasteiger partial charge in [0.2, 0.25) is 0 Å². The first-order valence-corrected chi connectivity index (χ1v) is 12.6. The number of nitrogens with zero attached hydrogens (tertiary/aromatic N) is 1. The van der Waals surface area contributed by atoms with Gasteiger partial charge in [-0.1, -0.05) is 78.7 Å². The normalized spacial score (nSPS) is 16.6. The van der Waals surface area contributed by atoms with E-state index in [9.17, 15) is 24.6 Å². The number of halogens is 1. The van der Waals surface area contributed by atoms with E-state index in [4.69, 9.17) is 11.6 Å². The van der Waals surface area contributed by atoms with Gasteiger partial charge in [-0.15, -0.1) is 0 Å². The fourth-order valence-electron chi connectivity index (χ4n) is 4.76. The molecule has 3 aromatic carbocycles. The third-order valence-electron chi connectivity index (χ3n) is 6.72. The van der Waals surface area contributed by atoms with Crippen molar-refractivity contribution < 1.29 is 24.6 Å². The quantitative estimate of drug-likeness (QED) is 0.371. The molecule has 1 amide bonds. The van der Waals surface area contributed by atoms with Gasteiger partial charge in [0.15, 0.2) is 0 Å². The van der Waals surface area contributed by atoms with E-state index in [1.807, 2.05) is 53.4 Å². The Morgan fingerprint density at radius 1 is 0.946 bits per heavy atom. The van der Waals surface area contributed by atoms with Crippen molar-refractivity contribution in [2.24, 2.45) is 0 Å². The number of hydrogen-bond acceptors (Lipinski definition) is 4. The monoisotopic (exact) mass is 520 g/mol. The highest BCUT2D eigenvalue weighted by Crippen LogP contribution is 2.28. The van der Waals surface area contributed by atoms with Crippen LogP contribution in [0, 0.1) is 0 Å². The third-order valence-corrected chi connectivity index (χ3v) is 7.05. The van der Waals surface area contributed by atoms with Crippen LogP contribution in [0.3, 0.4) is 0 Å². The van der Waals surface area contributed by atoms with Gasteiger partial charge in [-0.3, -0.25) is 14.5 Å². The van der Waals surface area contributed by atoms with Gasteiger partial charge in [0.1, 0.15) is 12.1 Å². The molecule has 0 saturated carbocycles. The van der Waals surface area contributed by atoms with Gasteiger partial charge < -0.3 is 15.5 Å². The second kappa shape index (κ2) is 12.0. The minimum absolute atomic E-state index is 0.113. The predicted molar refractivity (Wildman–Crippen MR) is 142 cm³/mol. The average molecular weight is 521 g/mol. The van der Waals surface area contributed by atoms with E-state index in [1.54, 1.807) is 24.3 Å². The van der Waals surface area contributed by atoms with E-state index in [0.29, 0.717) is 13.0 Å². The Bertz CT molecular complexity index is 1280. The van der Waals surface area contributed by atoms with Crippen molar-refractivity contribution in [1.82, 2.24) is 10.2 Å². The van der Waals surface area contributed by atoms with Crippen LogP contribution in [0.4, 0.5) is 0 Å². The number of carboxylic acid groups (broad SMARTS) is 2. The van der Waals surface area contributed by atoms with Crippen LogP contribution in [0.25, 0.3) is 11.1 Å². The van der Waals surface area contributed by atoms with Crippen LogP contribution in [0.5, 0.6) is 0 Å². The van der Waals surface area contributed by atoms with Gasteiger partial charge >= 0.3 is 11.9 Å². The summed E-state index contributed by atoms with van der Waals surface area (Å²) in [6.07, 6.45) is 2.68. The highest BCUT2D eigenvalue weighted by atomic mass is 35.5. The Labute approximate surface area is 220 Å². The molecule has 1 fully saturated rings. The summed E-state index contributed by atoms with van der Waals surface area (Å²) in [7, 11) is 0. The number of carbonyl (C=O) groups is 3. The molecule has 0 aliphatic carbocycles. The van der Waals surface area contributed by atoms with Crippen LogP contribution >= 0.6 is 11.6 Å². The molecule has 8 heteroatoms. The lowest BCUT2D eigenvalue weighted by atomic mass is 9.95. The van der Waals surface area contributed by atoms with Gasteiger partial charge in [-0.05, 0) is 53.8 Å². The first-order valence-electron chi connectivity index (χ1n) is 12.3. The average Bonchev–Trinajstić information content (AvgIpc) is 2.89. The maximum atomic E-state index is 12.6. The van der Waals surface area contributed by atoms with Gasteiger partial charge in [0.25, 0.3) is 5.91 Å². The molecule has 1 heterocycles. The summed E-state index contributed by atoms with van der Waals surface area (Å²) >= 11 is 6.08. The molecule has 7 nitrogen and oxygen atoms in total. The molecule has 1 unspecified atom stereocenters. The number of rotatable bonds is 9. The topological polar surface area (TPSA) is 107 Å². The first-order chi connectivity index (χ1) is 17.8. The Morgan fingerprint density at radius 3 is 2.35 bits per heavy atom. The summed E-state index contributed by atoms with van der Waals surface area (Å²) < 4.78 is 0. The van der Waals surface area contributed by atoms with E-state index in [1.165, 1.54) is 0 Å². The Hall–Kier alpha value is -3.68. The molecular weight excluding hydrogens is 492 g/mol. The van der Waals surface area contributed by atoms with E-state index >= 15 is 0 Å². The Kier molecular flexibility index (Phi) is 8.58. The number of likely N-dealkylation sites (tertiary alicyclic amines) is 1. The first kappa shape index (κ1) is 26.4. The molecule has 0 radical (unpaired) electrons. The number of piperidine rings is 1. The molecule has 1 aliphatic heterocycles. The molecule has 2 atom stereocenters. The molecule has 3 N–H and O–H groups in total. The van der Waals surface area contributed by atoms with Crippen molar-refractivity contribution in [2.45, 2.75) is 44.3 Å². The highest BCUT2D eigenvalue weighted by molar-refractivity contribution is 6.33. The predicted octanol–water partition coefficient (Wildman–Crippen LogP) is 4.87. The maximum Gasteiger partial charge on any atom is 0.326 e. The van der Waals surface area contributed by atoms with Crippen molar-refractivity contribution in [2.75, 3.05) is 6.54 Å². The van der Waals surface area contributed by atoms with Crippen LogP contribution in [0.15, 0.2) is 72.8 Å². The van der Waals surface area contributed by atoms with Crippen LogP contribution in [-0.4, -0.2) is 51.6 Å². The van der Waals surface area contributed by atoms with Gasteiger partial charge in [-0.25, -0.2) is 4.79 Å². The van der Waals surface area contributed by atoms with E-state index in [0.717, 1.165) is 41.6 Å². The Morgan fingerprint density at radius 2 is 1.65 bits per heavy atom. The summed E-state index contributed by atoms with van der Waals surface area (Å²) in [5.41, 5.74) is 3.98. The number of carboxylic acids is 2. The zero-order valence-electron chi connectivity index (χ0n) is 20.3. The molecule has 1 saturated heterocycles. The van der Waals surface area contributed by atoms with Crippen molar-refractivity contribution in [3.05, 3.63) is 94.5 Å². The van der Waals surface area contributed by atoms with Gasteiger partial charge in [-0.2, -0.15) is 0 Å². The standard InChI is InChI=1S/C29H29ClN2O5/c30-24-10-4-3-9-23(24)27(33)31-25(28(34)35)17-19-12-14-20(15-13-19)22-8-2-1-7-21(22)18-32-16-6-5-11-26(32)29(36)37/h1-4,7-10,12-15,25-26H,5-6,11,16-18H2,(H,31,33)(H,34,35)(H,36,37)/t25-,26?/m0/s1. The van der Waals surface area contributed by atoms with E-state index in [2.05, 4.69) is 5.32 Å². The smallest absolute Gasteiger partial charge is 0.326 e. The highest BCUT2D eigenvalue weighted by Gasteiger charge is 2.29. The largest absolute Gasteiger partial charge is 0.480 e. The molecule has 0 spiro atoms. The third kappa shape index (κ3) is 6.56. The fourth-order valence-corrected chi connectivity index (χ4v) is 4.98. The summed E-state index contributed by atoms with van der Waals surface area (Å²) in [5.74, 6) is -2.46. The van der Waals surface area contributed by atoms with Crippen LogP contribution < -0.4 is 5.32 Å². The second-order valence-electron chi connectivity index (χ2n) is 9.22. The molecule has 0 aromatic heterocycles. The SMILES string of the molecule is O=C(N[C@@H](Cc1ccc(-c2ccccc2CN2CCCCC2C(=O)O)cc1)C(=O)O)c1ccccc1Cl. The minimum atomic E-state index is -1.13. The summed E-state index contributed by atoms with van der Waals surface area (Å²) in [6.45, 7) is 1.30. The fraction of sp³-hybridized carbons (Fsp3) is 0.276. The number of aliphatic carboxylic acids is 2. The van der Waals surface area contributed by atoms with Gasteiger partial charge in [0.05, 0.1) is 10.6 Å². The number of carbonyl (C=O) groups excluding carboxylic acids is 1. The molecule has 3 aromatic rings. The van der Waals surface area contributed by atoms with Crippen molar-refractivity contribution in [1.29, 1.82) is 0 Å². The minimum Gasteiger partial charge on any atom is -0.480 e. The summed E-state index contributed by atoms with van der Waals surface area (Å²) in [5, 5.41) is 22.1.